The number of hydrogen-bond donors (Lipinski definition) is 3. The van der Waals surface area contributed by atoms with Crippen LogP contribution in [0.3, 0.4) is 0 Å². The third-order valence-corrected chi connectivity index (χ3v) is 2.96. The fourth-order valence-corrected chi connectivity index (χ4v) is 2.11. The average molecular weight is 243 g/mol. The molecule has 3 amide bonds. The summed E-state index contributed by atoms with van der Waals surface area (Å²) in [5, 5.41) is 5.41. The Morgan fingerprint density at radius 2 is 2.18 bits per heavy atom. The van der Waals surface area contributed by atoms with Gasteiger partial charge in [0.05, 0.1) is 6.10 Å². The summed E-state index contributed by atoms with van der Waals surface area (Å²) in [4.78, 5) is 21.6. The molecule has 4 N–H and O–H groups in total. The number of piperidine rings is 1. The van der Waals surface area contributed by atoms with Gasteiger partial charge in [-0.3, -0.25) is 10.1 Å². The Balaban J connectivity index is 2.34. The van der Waals surface area contributed by atoms with Crippen molar-refractivity contribution in [2.75, 3.05) is 6.61 Å². The van der Waals surface area contributed by atoms with Gasteiger partial charge in [0.15, 0.2) is 0 Å². The second kappa shape index (κ2) is 6.56. The first-order valence-corrected chi connectivity index (χ1v) is 5.99. The van der Waals surface area contributed by atoms with E-state index in [9.17, 15) is 9.59 Å². The molecule has 0 aromatic rings. The Kier molecular flexibility index (Phi) is 5.37. The monoisotopic (exact) mass is 243 g/mol. The normalized spacial score (nSPS) is 28.7. The summed E-state index contributed by atoms with van der Waals surface area (Å²) >= 11 is 0. The molecule has 1 heterocycles. The molecule has 6 nitrogen and oxygen atoms in total. The quantitative estimate of drug-likeness (QED) is 0.653. The summed E-state index contributed by atoms with van der Waals surface area (Å²) in [5.74, 6) is -0.494. The van der Waals surface area contributed by atoms with Gasteiger partial charge in [0.1, 0.15) is 6.61 Å². The van der Waals surface area contributed by atoms with Crippen LogP contribution in [-0.4, -0.2) is 36.7 Å². The van der Waals surface area contributed by atoms with Crippen LogP contribution in [-0.2, 0) is 9.53 Å². The Morgan fingerprint density at radius 3 is 2.76 bits per heavy atom. The topological polar surface area (TPSA) is 93.4 Å². The third-order valence-electron chi connectivity index (χ3n) is 2.96. The highest BCUT2D eigenvalue weighted by molar-refractivity contribution is 5.94. The van der Waals surface area contributed by atoms with Crippen LogP contribution in [0.25, 0.3) is 0 Å². The second-order valence-electron chi connectivity index (χ2n) is 4.42. The molecule has 17 heavy (non-hydrogen) atoms. The summed E-state index contributed by atoms with van der Waals surface area (Å²) in [6.07, 6.45) is 2.93. The lowest BCUT2D eigenvalue weighted by Gasteiger charge is -2.35. The molecular formula is C11H21N3O3. The summed E-state index contributed by atoms with van der Waals surface area (Å²) in [6, 6.07) is -0.0968. The summed E-state index contributed by atoms with van der Waals surface area (Å²) < 4.78 is 5.52. The molecule has 3 unspecified atom stereocenters. The number of nitrogens with two attached hydrogens (primary N) is 1. The zero-order chi connectivity index (χ0) is 12.8. The maximum atomic E-state index is 11.2. The van der Waals surface area contributed by atoms with Crippen LogP contribution in [0.1, 0.15) is 33.1 Å². The average Bonchev–Trinajstić information content (AvgIpc) is 2.26. The fraction of sp³-hybridized carbons (Fsp3) is 0.818. The number of amides is 3. The second-order valence-corrected chi connectivity index (χ2v) is 4.42. The number of urea groups is 1. The zero-order valence-electron chi connectivity index (χ0n) is 10.4. The largest absolute Gasteiger partial charge is 0.367 e. The Bertz CT molecular complexity index is 283. The van der Waals surface area contributed by atoms with Crippen LogP contribution in [0.2, 0.25) is 0 Å². The predicted molar refractivity (Wildman–Crippen MR) is 63.4 cm³/mol. The van der Waals surface area contributed by atoms with E-state index in [1.165, 1.54) is 0 Å². The van der Waals surface area contributed by atoms with Crippen molar-refractivity contribution in [2.24, 2.45) is 5.73 Å². The number of rotatable bonds is 4. The van der Waals surface area contributed by atoms with Crippen LogP contribution >= 0.6 is 0 Å². The number of ether oxygens (including phenoxy) is 1. The molecule has 1 aliphatic rings. The molecule has 1 saturated heterocycles. The standard InChI is InChI=1S/C11H21N3O3/c1-3-8-9(5-4-7(2)13-8)17-6-10(15)14-11(12)16/h7-9,13H,3-6H2,1-2H3,(H3,12,14,15,16). The van der Waals surface area contributed by atoms with E-state index >= 15 is 0 Å². The molecule has 0 aromatic heterocycles. The highest BCUT2D eigenvalue weighted by Gasteiger charge is 2.27. The van der Waals surface area contributed by atoms with E-state index in [4.69, 9.17) is 10.5 Å². The molecule has 98 valence electrons. The minimum Gasteiger partial charge on any atom is -0.367 e. The van der Waals surface area contributed by atoms with Crippen molar-refractivity contribution < 1.29 is 14.3 Å². The van der Waals surface area contributed by atoms with Gasteiger partial charge in [-0.1, -0.05) is 6.92 Å². The molecule has 1 aliphatic heterocycles. The van der Waals surface area contributed by atoms with Crippen LogP contribution in [0.4, 0.5) is 4.79 Å². The Morgan fingerprint density at radius 1 is 1.47 bits per heavy atom. The maximum Gasteiger partial charge on any atom is 0.318 e. The minimum atomic E-state index is -0.846. The fourth-order valence-electron chi connectivity index (χ4n) is 2.11. The first-order chi connectivity index (χ1) is 8.02. The smallest absolute Gasteiger partial charge is 0.318 e. The molecule has 0 radical (unpaired) electrons. The van der Waals surface area contributed by atoms with E-state index in [1.54, 1.807) is 0 Å². The molecule has 0 aliphatic carbocycles. The van der Waals surface area contributed by atoms with Crippen LogP contribution < -0.4 is 16.4 Å². The molecule has 0 saturated carbocycles. The van der Waals surface area contributed by atoms with E-state index in [0.717, 1.165) is 19.3 Å². The van der Waals surface area contributed by atoms with Crippen molar-refractivity contribution in [1.82, 2.24) is 10.6 Å². The van der Waals surface area contributed by atoms with Crippen molar-refractivity contribution >= 4 is 11.9 Å². The van der Waals surface area contributed by atoms with Crippen LogP contribution in [0.15, 0.2) is 0 Å². The number of nitrogens with one attached hydrogen (secondary N) is 2. The Hall–Kier alpha value is -1.14. The maximum absolute atomic E-state index is 11.2. The van der Waals surface area contributed by atoms with Gasteiger partial charge < -0.3 is 15.8 Å². The van der Waals surface area contributed by atoms with Crippen molar-refractivity contribution in [2.45, 2.75) is 51.3 Å². The van der Waals surface area contributed by atoms with E-state index in [0.29, 0.717) is 6.04 Å². The van der Waals surface area contributed by atoms with Crippen molar-refractivity contribution in [3.63, 3.8) is 0 Å². The van der Waals surface area contributed by atoms with Gasteiger partial charge in [0.2, 0.25) is 0 Å². The van der Waals surface area contributed by atoms with Crippen molar-refractivity contribution in [3.05, 3.63) is 0 Å². The molecule has 1 rings (SSSR count). The van der Waals surface area contributed by atoms with Crippen LogP contribution in [0.5, 0.6) is 0 Å². The van der Waals surface area contributed by atoms with E-state index in [1.807, 2.05) is 5.32 Å². The molecule has 3 atom stereocenters. The molecule has 0 aromatic carbocycles. The van der Waals surface area contributed by atoms with Gasteiger partial charge in [0, 0.05) is 12.1 Å². The van der Waals surface area contributed by atoms with Gasteiger partial charge in [-0.15, -0.1) is 0 Å². The molecule has 6 heteroatoms. The number of hydrogen-bond acceptors (Lipinski definition) is 4. The lowest BCUT2D eigenvalue weighted by atomic mass is 9.95. The van der Waals surface area contributed by atoms with Gasteiger partial charge in [-0.2, -0.15) is 0 Å². The van der Waals surface area contributed by atoms with E-state index < -0.39 is 11.9 Å². The zero-order valence-corrected chi connectivity index (χ0v) is 10.4. The van der Waals surface area contributed by atoms with Crippen molar-refractivity contribution in [1.29, 1.82) is 0 Å². The molecule has 0 spiro atoms. The number of imide groups is 1. The summed E-state index contributed by atoms with van der Waals surface area (Å²) in [6.45, 7) is 4.09. The lowest BCUT2D eigenvalue weighted by Crippen LogP contribution is -2.50. The number of carbonyl (C=O) groups is 2. The first-order valence-electron chi connectivity index (χ1n) is 5.99. The minimum absolute atomic E-state index is 0.0230. The number of primary amides is 1. The number of carbonyl (C=O) groups excluding carboxylic acids is 2. The summed E-state index contributed by atoms with van der Waals surface area (Å²) in [5.41, 5.74) is 4.83. The van der Waals surface area contributed by atoms with E-state index in [2.05, 4.69) is 19.2 Å². The van der Waals surface area contributed by atoms with Gasteiger partial charge in [0.25, 0.3) is 5.91 Å². The van der Waals surface area contributed by atoms with Gasteiger partial charge in [-0.25, -0.2) is 4.79 Å². The SMILES string of the molecule is CCC1NC(C)CCC1OCC(=O)NC(N)=O. The first kappa shape index (κ1) is 13.9. The highest BCUT2D eigenvalue weighted by Crippen LogP contribution is 2.18. The summed E-state index contributed by atoms with van der Waals surface area (Å²) in [7, 11) is 0. The third kappa shape index (κ3) is 4.70. The molecule has 0 bridgehead atoms. The van der Waals surface area contributed by atoms with E-state index in [-0.39, 0.29) is 18.8 Å². The van der Waals surface area contributed by atoms with Gasteiger partial charge >= 0.3 is 6.03 Å². The van der Waals surface area contributed by atoms with Gasteiger partial charge in [-0.05, 0) is 26.2 Å². The predicted octanol–water partition coefficient (Wildman–Crippen LogP) is 0.117. The highest BCUT2D eigenvalue weighted by atomic mass is 16.5. The molecule has 1 fully saturated rings. The van der Waals surface area contributed by atoms with Crippen molar-refractivity contribution in [3.8, 4) is 0 Å². The lowest BCUT2D eigenvalue weighted by molar-refractivity contribution is -0.128. The Labute approximate surface area is 101 Å². The van der Waals surface area contributed by atoms with Crippen LogP contribution in [0, 0.1) is 0 Å². The molecular weight excluding hydrogens is 222 g/mol.